The normalized spacial score (nSPS) is 10.9. The Hall–Kier alpha value is -3.26. The molecule has 0 aliphatic carbocycles. The van der Waals surface area contributed by atoms with Crippen LogP contribution >= 0.6 is 11.3 Å². The predicted octanol–water partition coefficient (Wildman–Crippen LogP) is 3.58. The summed E-state index contributed by atoms with van der Waals surface area (Å²) in [5.74, 6) is 0.268. The number of thiophene rings is 1. The molecule has 0 spiro atoms. The number of para-hydroxylation sites is 1. The Morgan fingerprint density at radius 2 is 2.08 bits per heavy atom. The minimum absolute atomic E-state index is 0.00792. The van der Waals surface area contributed by atoms with Crippen LogP contribution < -0.4 is 10.2 Å². The van der Waals surface area contributed by atoms with Gasteiger partial charge in [0.1, 0.15) is 5.75 Å². The molecule has 0 aliphatic rings. The van der Waals surface area contributed by atoms with Crippen LogP contribution in [0.1, 0.15) is 15.2 Å². The lowest BCUT2D eigenvalue weighted by atomic mass is 10.2. The van der Waals surface area contributed by atoms with E-state index < -0.39 is 4.92 Å². The van der Waals surface area contributed by atoms with E-state index in [1.807, 2.05) is 18.2 Å². The van der Waals surface area contributed by atoms with Crippen molar-refractivity contribution in [2.24, 2.45) is 5.10 Å². The Morgan fingerprint density at radius 3 is 2.84 bits per heavy atom. The zero-order chi connectivity index (χ0) is 17.8. The summed E-state index contributed by atoms with van der Waals surface area (Å²) < 4.78 is 6.00. The SMILES string of the molecule is COc1ccccc1/C=N\NC(=O)c1cc2cc([N+](=O)[O-])ccc2s1. The molecule has 0 aliphatic heterocycles. The molecule has 0 saturated carbocycles. The highest BCUT2D eigenvalue weighted by Crippen LogP contribution is 2.28. The van der Waals surface area contributed by atoms with Crippen molar-refractivity contribution in [3.8, 4) is 5.75 Å². The lowest BCUT2D eigenvalue weighted by Crippen LogP contribution is -2.16. The molecule has 8 heteroatoms. The van der Waals surface area contributed by atoms with Crippen LogP contribution in [0.3, 0.4) is 0 Å². The number of hydrogen-bond donors (Lipinski definition) is 1. The first-order valence-corrected chi connectivity index (χ1v) is 8.04. The molecule has 3 aromatic rings. The van der Waals surface area contributed by atoms with Gasteiger partial charge < -0.3 is 4.74 Å². The van der Waals surface area contributed by atoms with Crippen molar-refractivity contribution in [3.05, 3.63) is 69.1 Å². The van der Waals surface area contributed by atoms with Crippen LogP contribution in [0.25, 0.3) is 10.1 Å². The molecule has 2 aromatic carbocycles. The lowest BCUT2D eigenvalue weighted by molar-refractivity contribution is -0.384. The molecule has 1 amide bonds. The van der Waals surface area contributed by atoms with E-state index in [1.54, 1.807) is 25.3 Å². The maximum absolute atomic E-state index is 12.2. The zero-order valence-corrected chi connectivity index (χ0v) is 13.9. The molecule has 0 atom stereocenters. The van der Waals surface area contributed by atoms with E-state index >= 15 is 0 Å². The highest BCUT2D eigenvalue weighted by molar-refractivity contribution is 7.20. The van der Waals surface area contributed by atoms with Gasteiger partial charge in [-0.15, -0.1) is 11.3 Å². The minimum atomic E-state index is -0.464. The fourth-order valence-electron chi connectivity index (χ4n) is 2.24. The summed E-state index contributed by atoms with van der Waals surface area (Å²) in [6, 6.07) is 13.4. The van der Waals surface area contributed by atoms with E-state index in [-0.39, 0.29) is 11.6 Å². The largest absolute Gasteiger partial charge is 0.496 e. The number of nitro benzene ring substituents is 1. The average Bonchev–Trinajstić information content (AvgIpc) is 3.05. The third-order valence-corrected chi connectivity index (χ3v) is 4.56. The van der Waals surface area contributed by atoms with Gasteiger partial charge in [-0.05, 0) is 24.3 Å². The Labute approximate surface area is 146 Å². The van der Waals surface area contributed by atoms with Gasteiger partial charge in [-0.2, -0.15) is 5.10 Å². The Balaban J connectivity index is 1.76. The smallest absolute Gasteiger partial charge is 0.281 e. The first-order chi connectivity index (χ1) is 12.1. The number of benzene rings is 2. The minimum Gasteiger partial charge on any atom is -0.496 e. The van der Waals surface area contributed by atoms with Gasteiger partial charge in [-0.3, -0.25) is 14.9 Å². The van der Waals surface area contributed by atoms with Crippen molar-refractivity contribution in [1.29, 1.82) is 0 Å². The number of amides is 1. The summed E-state index contributed by atoms with van der Waals surface area (Å²) in [5.41, 5.74) is 3.17. The standard InChI is InChI=1S/C17H13N3O4S/c1-24-14-5-3-2-4-11(14)10-18-19-17(21)16-9-12-8-13(20(22)23)6-7-15(12)25-16/h2-10H,1H3,(H,19,21)/b18-10-. The number of carbonyl (C=O) groups excluding carboxylic acids is 1. The van der Waals surface area contributed by atoms with E-state index in [0.29, 0.717) is 16.0 Å². The van der Waals surface area contributed by atoms with Crippen molar-refractivity contribution < 1.29 is 14.5 Å². The van der Waals surface area contributed by atoms with E-state index in [1.165, 1.54) is 29.7 Å². The van der Waals surface area contributed by atoms with Crippen LogP contribution in [0.4, 0.5) is 5.69 Å². The fourth-order valence-corrected chi connectivity index (χ4v) is 3.18. The van der Waals surface area contributed by atoms with Crippen LogP contribution in [-0.2, 0) is 0 Å². The average molecular weight is 355 g/mol. The molecule has 0 fully saturated rings. The zero-order valence-electron chi connectivity index (χ0n) is 13.1. The van der Waals surface area contributed by atoms with Crippen LogP contribution in [0.5, 0.6) is 5.75 Å². The number of rotatable bonds is 5. The highest BCUT2D eigenvalue weighted by Gasteiger charge is 2.13. The number of non-ortho nitro benzene ring substituents is 1. The monoisotopic (exact) mass is 355 g/mol. The van der Waals surface area contributed by atoms with Gasteiger partial charge >= 0.3 is 0 Å². The van der Waals surface area contributed by atoms with Crippen molar-refractivity contribution in [3.63, 3.8) is 0 Å². The second kappa shape index (κ2) is 7.10. The molecule has 1 heterocycles. The van der Waals surface area contributed by atoms with Gasteiger partial charge in [0.25, 0.3) is 11.6 Å². The molecule has 3 rings (SSSR count). The van der Waals surface area contributed by atoms with Gasteiger partial charge in [-0.25, -0.2) is 5.43 Å². The highest BCUT2D eigenvalue weighted by atomic mass is 32.1. The summed E-state index contributed by atoms with van der Waals surface area (Å²) in [5, 5.41) is 15.4. The number of nitrogens with zero attached hydrogens (tertiary/aromatic N) is 2. The summed E-state index contributed by atoms with van der Waals surface area (Å²) in [4.78, 5) is 23.0. The number of carbonyl (C=O) groups is 1. The number of hydrogen-bond acceptors (Lipinski definition) is 6. The number of methoxy groups -OCH3 is 1. The molecule has 0 bridgehead atoms. The van der Waals surface area contributed by atoms with Gasteiger partial charge in [0.2, 0.25) is 0 Å². The molecule has 0 radical (unpaired) electrons. The first kappa shape index (κ1) is 16.6. The van der Waals surface area contributed by atoms with Crippen molar-refractivity contribution in [2.75, 3.05) is 7.11 Å². The van der Waals surface area contributed by atoms with Crippen LogP contribution in [0.15, 0.2) is 53.6 Å². The van der Waals surface area contributed by atoms with E-state index in [4.69, 9.17) is 4.74 Å². The second-order valence-corrected chi connectivity index (χ2v) is 6.11. The van der Waals surface area contributed by atoms with Gasteiger partial charge in [0.05, 0.1) is 23.1 Å². The lowest BCUT2D eigenvalue weighted by Gasteiger charge is -2.02. The maximum Gasteiger partial charge on any atom is 0.281 e. The van der Waals surface area contributed by atoms with Gasteiger partial charge in [0, 0.05) is 27.8 Å². The summed E-state index contributed by atoms with van der Waals surface area (Å²) in [6.07, 6.45) is 1.49. The molecular weight excluding hydrogens is 342 g/mol. The third kappa shape index (κ3) is 3.64. The number of nitrogens with one attached hydrogen (secondary N) is 1. The topological polar surface area (TPSA) is 93.8 Å². The predicted molar refractivity (Wildman–Crippen MR) is 96.5 cm³/mol. The molecule has 7 nitrogen and oxygen atoms in total. The van der Waals surface area contributed by atoms with Crippen LogP contribution in [0.2, 0.25) is 0 Å². The molecule has 1 N–H and O–H groups in total. The Bertz CT molecular complexity index is 981. The van der Waals surface area contributed by atoms with Crippen molar-refractivity contribution >= 4 is 39.2 Å². The molecular formula is C17H13N3O4S. The van der Waals surface area contributed by atoms with E-state index in [9.17, 15) is 14.9 Å². The molecule has 1 aromatic heterocycles. The quantitative estimate of drug-likeness (QED) is 0.430. The molecule has 0 unspecified atom stereocenters. The fraction of sp³-hybridized carbons (Fsp3) is 0.0588. The number of nitro groups is 1. The Kier molecular flexibility index (Phi) is 4.71. The number of ether oxygens (including phenoxy) is 1. The molecule has 0 saturated heterocycles. The maximum atomic E-state index is 12.2. The summed E-state index contributed by atoms with van der Waals surface area (Å²) in [6.45, 7) is 0. The molecule has 25 heavy (non-hydrogen) atoms. The number of fused-ring (bicyclic) bond motifs is 1. The third-order valence-electron chi connectivity index (χ3n) is 3.44. The van der Waals surface area contributed by atoms with Crippen molar-refractivity contribution in [2.45, 2.75) is 0 Å². The van der Waals surface area contributed by atoms with E-state index in [0.717, 1.165) is 10.3 Å². The van der Waals surface area contributed by atoms with Gasteiger partial charge in [-0.1, -0.05) is 12.1 Å². The van der Waals surface area contributed by atoms with Crippen LogP contribution in [-0.4, -0.2) is 24.2 Å². The van der Waals surface area contributed by atoms with E-state index in [2.05, 4.69) is 10.5 Å². The molecule has 126 valence electrons. The second-order valence-electron chi connectivity index (χ2n) is 5.03. The number of hydrazone groups is 1. The first-order valence-electron chi connectivity index (χ1n) is 7.23. The summed E-state index contributed by atoms with van der Waals surface area (Å²) in [7, 11) is 1.56. The van der Waals surface area contributed by atoms with Crippen LogP contribution in [0, 0.1) is 10.1 Å². The Morgan fingerprint density at radius 1 is 1.28 bits per heavy atom. The van der Waals surface area contributed by atoms with Gasteiger partial charge in [0.15, 0.2) is 0 Å². The van der Waals surface area contributed by atoms with Crippen molar-refractivity contribution in [1.82, 2.24) is 5.43 Å². The summed E-state index contributed by atoms with van der Waals surface area (Å²) >= 11 is 1.25.